The smallest absolute Gasteiger partial charge is 0.354 e. The number of rotatable bonds is 5. The second kappa shape index (κ2) is 8.41. The minimum atomic E-state index is -1.07. The Kier molecular flexibility index (Phi) is 5.69. The SMILES string of the molecule is Cc1c(Cc2ccc(C(=O)O)nc2)cc(C(=O)N[C@H]2CCOC[C@@H]2O)c2c1CCO2. The van der Waals surface area contributed by atoms with Crippen LogP contribution < -0.4 is 10.1 Å². The van der Waals surface area contributed by atoms with Crippen molar-refractivity contribution in [1.82, 2.24) is 10.3 Å². The molecule has 3 heterocycles. The van der Waals surface area contributed by atoms with Gasteiger partial charge in [0.15, 0.2) is 0 Å². The highest BCUT2D eigenvalue weighted by molar-refractivity contribution is 5.98. The highest BCUT2D eigenvalue weighted by Crippen LogP contribution is 2.35. The predicted molar refractivity (Wildman–Crippen MR) is 107 cm³/mol. The molecular weight excluding hydrogens is 388 g/mol. The van der Waals surface area contributed by atoms with Crippen molar-refractivity contribution in [3.8, 4) is 5.75 Å². The largest absolute Gasteiger partial charge is 0.492 e. The number of carboxylic acids is 1. The van der Waals surface area contributed by atoms with E-state index in [0.29, 0.717) is 37.4 Å². The van der Waals surface area contributed by atoms with Crippen LogP contribution in [0.1, 0.15) is 49.5 Å². The van der Waals surface area contributed by atoms with Crippen molar-refractivity contribution in [2.45, 2.75) is 38.3 Å². The number of carbonyl (C=O) groups excluding carboxylic acids is 1. The molecule has 1 saturated heterocycles. The number of pyridine rings is 1. The molecule has 2 aliphatic rings. The van der Waals surface area contributed by atoms with Crippen LogP contribution in [0.2, 0.25) is 0 Å². The van der Waals surface area contributed by atoms with Crippen molar-refractivity contribution in [1.29, 1.82) is 0 Å². The predicted octanol–water partition coefficient (Wildman–Crippen LogP) is 1.49. The van der Waals surface area contributed by atoms with Gasteiger partial charge in [-0.25, -0.2) is 9.78 Å². The topological polar surface area (TPSA) is 118 Å². The number of aromatic nitrogens is 1. The van der Waals surface area contributed by atoms with Crippen molar-refractivity contribution >= 4 is 11.9 Å². The number of fused-ring (bicyclic) bond motifs is 1. The number of aliphatic hydroxyl groups excluding tert-OH is 1. The van der Waals surface area contributed by atoms with Gasteiger partial charge in [0, 0.05) is 24.8 Å². The van der Waals surface area contributed by atoms with E-state index in [1.165, 1.54) is 6.07 Å². The lowest BCUT2D eigenvalue weighted by Gasteiger charge is -2.28. The summed E-state index contributed by atoms with van der Waals surface area (Å²) in [5.41, 5.74) is 4.34. The molecular formula is C22H24N2O6. The summed E-state index contributed by atoms with van der Waals surface area (Å²) < 4.78 is 11.0. The lowest BCUT2D eigenvalue weighted by Crippen LogP contribution is -2.48. The fourth-order valence-corrected chi connectivity index (χ4v) is 3.96. The number of ether oxygens (including phenoxy) is 2. The first-order chi connectivity index (χ1) is 14.4. The van der Waals surface area contributed by atoms with Crippen LogP contribution in [0.4, 0.5) is 0 Å². The van der Waals surface area contributed by atoms with Crippen LogP contribution in [-0.4, -0.2) is 59.0 Å². The van der Waals surface area contributed by atoms with E-state index in [1.54, 1.807) is 12.3 Å². The Morgan fingerprint density at radius 3 is 2.83 bits per heavy atom. The number of carboxylic acid groups (broad SMARTS) is 1. The van der Waals surface area contributed by atoms with Gasteiger partial charge in [0.05, 0.1) is 30.9 Å². The molecule has 30 heavy (non-hydrogen) atoms. The van der Waals surface area contributed by atoms with Gasteiger partial charge in [-0.15, -0.1) is 0 Å². The maximum absolute atomic E-state index is 13.0. The van der Waals surface area contributed by atoms with Crippen molar-refractivity contribution in [2.75, 3.05) is 19.8 Å². The van der Waals surface area contributed by atoms with Crippen LogP contribution in [0.3, 0.4) is 0 Å². The molecule has 8 heteroatoms. The number of nitrogens with one attached hydrogen (secondary N) is 1. The average molecular weight is 412 g/mol. The Bertz CT molecular complexity index is 973. The molecule has 4 rings (SSSR count). The molecule has 1 fully saturated rings. The summed E-state index contributed by atoms with van der Waals surface area (Å²) in [7, 11) is 0. The molecule has 0 bridgehead atoms. The molecule has 2 aliphatic heterocycles. The fourth-order valence-electron chi connectivity index (χ4n) is 3.96. The molecule has 1 amide bonds. The molecule has 8 nitrogen and oxygen atoms in total. The van der Waals surface area contributed by atoms with E-state index in [1.807, 2.05) is 13.0 Å². The number of carbonyl (C=O) groups is 2. The monoisotopic (exact) mass is 412 g/mol. The zero-order chi connectivity index (χ0) is 21.3. The number of aromatic carboxylic acids is 1. The molecule has 2 aromatic rings. The number of benzene rings is 1. The third kappa shape index (κ3) is 4.01. The molecule has 2 atom stereocenters. The minimum Gasteiger partial charge on any atom is -0.492 e. The maximum atomic E-state index is 13.0. The van der Waals surface area contributed by atoms with Crippen LogP contribution in [0.15, 0.2) is 24.4 Å². The second-order valence-corrected chi connectivity index (χ2v) is 7.66. The van der Waals surface area contributed by atoms with Crippen LogP contribution >= 0.6 is 0 Å². The molecule has 158 valence electrons. The molecule has 1 aromatic heterocycles. The molecule has 0 aliphatic carbocycles. The standard InChI is InChI=1S/C22H24N2O6/c1-12-14(8-13-2-3-18(22(27)28)23-10-13)9-16(20-15(12)4-7-30-20)21(26)24-17-5-6-29-11-19(17)25/h2-3,9-10,17,19,25H,4-8,11H2,1H3,(H,24,26)(H,27,28)/t17-,19-/m0/s1. The van der Waals surface area contributed by atoms with E-state index in [2.05, 4.69) is 10.3 Å². The average Bonchev–Trinajstić information content (AvgIpc) is 3.22. The van der Waals surface area contributed by atoms with Crippen LogP contribution in [-0.2, 0) is 17.6 Å². The first-order valence-corrected chi connectivity index (χ1v) is 9.97. The van der Waals surface area contributed by atoms with Crippen LogP contribution in [0.25, 0.3) is 0 Å². The van der Waals surface area contributed by atoms with Crippen LogP contribution in [0, 0.1) is 6.92 Å². The van der Waals surface area contributed by atoms with Gasteiger partial charge in [0.1, 0.15) is 11.4 Å². The minimum absolute atomic E-state index is 0.00656. The molecule has 0 saturated carbocycles. The number of aliphatic hydroxyl groups is 1. The van der Waals surface area contributed by atoms with Crippen molar-refractivity contribution in [3.05, 3.63) is 57.9 Å². The first kappa shape index (κ1) is 20.3. The Hall–Kier alpha value is -2.97. The Labute approximate surface area is 173 Å². The summed E-state index contributed by atoms with van der Waals surface area (Å²) in [6.07, 6.45) is 2.61. The summed E-state index contributed by atoms with van der Waals surface area (Å²) in [5, 5.41) is 22.0. The normalized spacial score (nSPS) is 20.3. The Balaban J connectivity index is 1.62. The fraction of sp³-hybridized carbons (Fsp3) is 0.409. The second-order valence-electron chi connectivity index (χ2n) is 7.66. The third-order valence-electron chi connectivity index (χ3n) is 5.70. The molecule has 0 spiro atoms. The van der Waals surface area contributed by atoms with Gasteiger partial charge in [-0.3, -0.25) is 4.79 Å². The summed E-state index contributed by atoms with van der Waals surface area (Å²) in [5.74, 6) is -0.740. The third-order valence-corrected chi connectivity index (χ3v) is 5.70. The number of hydrogen-bond donors (Lipinski definition) is 3. The molecule has 0 unspecified atom stereocenters. The highest BCUT2D eigenvalue weighted by Gasteiger charge is 2.29. The highest BCUT2D eigenvalue weighted by atomic mass is 16.5. The summed E-state index contributed by atoms with van der Waals surface area (Å²) >= 11 is 0. The zero-order valence-electron chi connectivity index (χ0n) is 16.7. The van der Waals surface area contributed by atoms with Gasteiger partial charge in [-0.1, -0.05) is 6.07 Å². The quantitative estimate of drug-likeness (QED) is 0.681. The van der Waals surface area contributed by atoms with E-state index >= 15 is 0 Å². The van der Waals surface area contributed by atoms with Crippen molar-refractivity contribution < 1.29 is 29.3 Å². The Morgan fingerprint density at radius 2 is 2.13 bits per heavy atom. The molecule has 3 N–H and O–H groups in total. The number of hydrogen-bond acceptors (Lipinski definition) is 6. The maximum Gasteiger partial charge on any atom is 0.354 e. The number of amides is 1. The number of nitrogens with zero attached hydrogens (tertiary/aromatic N) is 1. The summed E-state index contributed by atoms with van der Waals surface area (Å²) in [6.45, 7) is 3.23. The van der Waals surface area contributed by atoms with E-state index in [9.17, 15) is 14.7 Å². The van der Waals surface area contributed by atoms with Crippen LogP contribution in [0.5, 0.6) is 5.75 Å². The van der Waals surface area contributed by atoms with Gasteiger partial charge in [0.25, 0.3) is 5.91 Å². The molecule has 1 aromatic carbocycles. The van der Waals surface area contributed by atoms with Gasteiger partial charge in [0.2, 0.25) is 0 Å². The van der Waals surface area contributed by atoms with E-state index < -0.39 is 12.1 Å². The van der Waals surface area contributed by atoms with E-state index in [-0.39, 0.29) is 24.2 Å². The van der Waals surface area contributed by atoms with Crippen molar-refractivity contribution in [2.24, 2.45) is 0 Å². The van der Waals surface area contributed by atoms with Gasteiger partial charge >= 0.3 is 5.97 Å². The lowest BCUT2D eigenvalue weighted by molar-refractivity contribution is -0.0261. The van der Waals surface area contributed by atoms with Gasteiger partial charge in [-0.2, -0.15) is 0 Å². The molecule has 0 radical (unpaired) electrons. The first-order valence-electron chi connectivity index (χ1n) is 9.97. The summed E-state index contributed by atoms with van der Waals surface area (Å²) in [4.78, 5) is 28.0. The Morgan fingerprint density at radius 1 is 1.30 bits per heavy atom. The van der Waals surface area contributed by atoms with E-state index in [4.69, 9.17) is 14.6 Å². The zero-order valence-corrected chi connectivity index (χ0v) is 16.7. The van der Waals surface area contributed by atoms with E-state index in [0.717, 1.165) is 28.7 Å². The lowest BCUT2D eigenvalue weighted by atomic mass is 9.92. The van der Waals surface area contributed by atoms with Gasteiger partial charge in [-0.05, 0) is 48.6 Å². The van der Waals surface area contributed by atoms with Gasteiger partial charge < -0.3 is 25.0 Å². The van der Waals surface area contributed by atoms with Crippen molar-refractivity contribution in [3.63, 3.8) is 0 Å². The summed E-state index contributed by atoms with van der Waals surface area (Å²) in [6, 6.07) is 4.67.